The van der Waals surface area contributed by atoms with Crippen molar-refractivity contribution >= 4 is 28.2 Å². The van der Waals surface area contributed by atoms with Gasteiger partial charge in [-0.2, -0.15) is 0 Å². The number of aryl methyl sites for hydroxylation is 1. The zero-order chi connectivity index (χ0) is 15.0. The number of rotatable bonds is 2. The van der Waals surface area contributed by atoms with Gasteiger partial charge in [-0.15, -0.1) is 0 Å². The normalized spacial score (nSPS) is 10.8. The van der Waals surface area contributed by atoms with Gasteiger partial charge in [0.2, 0.25) is 0 Å². The fourth-order valence-electron chi connectivity index (χ4n) is 2.65. The zero-order valence-electron chi connectivity index (χ0n) is 12.0. The van der Waals surface area contributed by atoms with Gasteiger partial charge in [-0.25, -0.2) is 0 Å². The predicted octanol–water partition coefficient (Wildman–Crippen LogP) is 5.34. The lowest BCUT2D eigenvalue weighted by atomic mass is 9.93. The molecule has 0 aliphatic rings. The quantitative estimate of drug-likeness (QED) is 0.583. The molecule has 0 saturated heterocycles. The van der Waals surface area contributed by atoms with E-state index in [2.05, 4.69) is 6.92 Å². The van der Waals surface area contributed by atoms with Gasteiger partial charge in [-0.1, -0.05) is 60.1 Å². The second kappa shape index (κ2) is 5.34. The van der Waals surface area contributed by atoms with Crippen molar-refractivity contribution in [2.24, 2.45) is 0 Å². The van der Waals surface area contributed by atoms with Crippen LogP contribution in [0.3, 0.4) is 0 Å². The maximum absolute atomic E-state index is 12.9. The largest absolute Gasteiger partial charge is 0.289 e. The van der Waals surface area contributed by atoms with Gasteiger partial charge in [0.25, 0.3) is 0 Å². The van der Waals surface area contributed by atoms with Crippen LogP contribution >= 0.6 is 11.6 Å². The first-order valence-corrected chi connectivity index (χ1v) is 7.25. The van der Waals surface area contributed by atoms with E-state index < -0.39 is 0 Å². The molecule has 0 unspecified atom stereocenters. The molecule has 1 nitrogen and oxygen atoms in total. The lowest BCUT2D eigenvalue weighted by Crippen LogP contribution is -2.05. The number of halogens is 1. The summed E-state index contributed by atoms with van der Waals surface area (Å²) in [5.74, 6) is 0.0196. The Morgan fingerprint density at radius 3 is 2.29 bits per heavy atom. The minimum atomic E-state index is 0.0196. The standard InChI is InChI=1S/C19H15ClO/c1-12-10-11-17(16-7-4-3-6-14(12)16)19(21)15-8-5-9-18(20)13(15)2/h3-11H,1-2H3. The minimum absolute atomic E-state index is 0.0196. The summed E-state index contributed by atoms with van der Waals surface area (Å²) in [7, 11) is 0. The highest BCUT2D eigenvalue weighted by molar-refractivity contribution is 6.32. The maximum atomic E-state index is 12.9. The number of carbonyl (C=O) groups is 1. The van der Waals surface area contributed by atoms with Crippen molar-refractivity contribution in [3.8, 4) is 0 Å². The Labute approximate surface area is 129 Å². The first-order valence-electron chi connectivity index (χ1n) is 6.88. The van der Waals surface area contributed by atoms with E-state index in [1.165, 1.54) is 5.56 Å². The summed E-state index contributed by atoms with van der Waals surface area (Å²) in [6, 6.07) is 17.4. The zero-order valence-corrected chi connectivity index (χ0v) is 12.7. The molecule has 0 aliphatic heterocycles. The highest BCUT2D eigenvalue weighted by Crippen LogP contribution is 2.27. The Morgan fingerprint density at radius 1 is 0.810 bits per heavy atom. The minimum Gasteiger partial charge on any atom is -0.289 e. The Bertz CT molecular complexity index is 849. The molecule has 0 atom stereocenters. The molecule has 0 amide bonds. The molecule has 0 fully saturated rings. The highest BCUT2D eigenvalue weighted by Gasteiger charge is 2.16. The van der Waals surface area contributed by atoms with Gasteiger partial charge in [0.15, 0.2) is 5.78 Å². The molecule has 0 bridgehead atoms. The molecule has 0 heterocycles. The van der Waals surface area contributed by atoms with Crippen LogP contribution in [0.1, 0.15) is 27.0 Å². The van der Waals surface area contributed by atoms with Crippen molar-refractivity contribution in [2.45, 2.75) is 13.8 Å². The molecule has 2 heteroatoms. The van der Waals surface area contributed by atoms with Crippen LogP contribution in [-0.4, -0.2) is 5.78 Å². The van der Waals surface area contributed by atoms with Gasteiger partial charge in [0.05, 0.1) is 0 Å². The van der Waals surface area contributed by atoms with Crippen LogP contribution in [0.2, 0.25) is 5.02 Å². The molecule has 104 valence electrons. The molecule has 3 aromatic rings. The third-order valence-electron chi connectivity index (χ3n) is 3.90. The Balaban J connectivity index is 2.23. The Kier molecular flexibility index (Phi) is 3.52. The number of hydrogen-bond acceptors (Lipinski definition) is 1. The van der Waals surface area contributed by atoms with Crippen molar-refractivity contribution in [1.82, 2.24) is 0 Å². The molecule has 0 saturated carbocycles. The van der Waals surface area contributed by atoms with Crippen LogP contribution in [0.5, 0.6) is 0 Å². The third kappa shape index (κ3) is 2.34. The third-order valence-corrected chi connectivity index (χ3v) is 4.31. The molecule has 0 spiro atoms. The molecular weight excluding hydrogens is 280 g/mol. The number of ketones is 1. The molecule has 21 heavy (non-hydrogen) atoms. The van der Waals surface area contributed by atoms with Crippen LogP contribution in [0.25, 0.3) is 10.8 Å². The van der Waals surface area contributed by atoms with E-state index in [1.54, 1.807) is 6.07 Å². The van der Waals surface area contributed by atoms with Crippen LogP contribution < -0.4 is 0 Å². The van der Waals surface area contributed by atoms with Crippen LogP contribution in [0.15, 0.2) is 54.6 Å². The molecule has 3 aromatic carbocycles. The van der Waals surface area contributed by atoms with E-state index in [9.17, 15) is 4.79 Å². The number of carbonyl (C=O) groups excluding carboxylic acids is 1. The van der Waals surface area contributed by atoms with Crippen molar-refractivity contribution in [2.75, 3.05) is 0 Å². The molecule has 0 radical (unpaired) electrons. The molecule has 0 aliphatic carbocycles. The van der Waals surface area contributed by atoms with E-state index >= 15 is 0 Å². The van der Waals surface area contributed by atoms with E-state index in [-0.39, 0.29) is 5.78 Å². The second-order valence-electron chi connectivity index (χ2n) is 5.22. The van der Waals surface area contributed by atoms with E-state index in [4.69, 9.17) is 11.6 Å². The predicted molar refractivity (Wildman–Crippen MR) is 88.3 cm³/mol. The second-order valence-corrected chi connectivity index (χ2v) is 5.62. The fourth-order valence-corrected chi connectivity index (χ4v) is 2.82. The Morgan fingerprint density at radius 2 is 1.52 bits per heavy atom. The van der Waals surface area contributed by atoms with Crippen molar-refractivity contribution in [3.63, 3.8) is 0 Å². The van der Waals surface area contributed by atoms with Gasteiger partial charge >= 0.3 is 0 Å². The number of hydrogen-bond donors (Lipinski definition) is 0. The van der Waals surface area contributed by atoms with Crippen molar-refractivity contribution < 1.29 is 4.79 Å². The van der Waals surface area contributed by atoms with Crippen molar-refractivity contribution in [1.29, 1.82) is 0 Å². The van der Waals surface area contributed by atoms with Gasteiger partial charge in [-0.3, -0.25) is 4.79 Å². The monoisotopic (exact) mass is 294 g/mol. The number of benzene rings is 3. The lowest BCUT2D eigenvalue weighted by molar-refractivity contribution is 0.103. The fraction of sp³-hybridized carbons (Fsp3) is 0.105. The molecular formula is C19H15ClO. The van der Waals surface area contributed by atoms with E-state index in [0.717, 1.165) is 21.9 Å². The first-order chi connectivity index (χ1) is 10.1. The summed E-state index contributed by atoms with van der Waals surface area (Å²) in [6.07, 6.45) is 0. The van der Waals surface area contributed by atoms with Crippen LogP contribution in [-0.2, 0) is 0 Å². The molecule has 0 aromatic heterocycles. The lowest BCUT2D eigenvalue weighted by Gasteiger charge is -2.10. The van der Waals surface area contributed by atoms with E-state index in [0.29, 0.717) is 10.6 Å². The average Bonchev–Trinajstić information content (AvgIpc) is 2.50. The van der Waals surface area contributed by atoms with Gasteiger partial charge in [0.1, 0.15) is 0 Å². The molecule has 3 rings (SSSR count). The SMILES string of the molecule is Cc1c(Cl)cccc1C(=O)c1ccc(C)c2ccccc12. The highest BCUT2D eigenvalue weighted by atomic mass is 35.5. The van der Waals surface area contributed by atoms with Gasteiger partial charge in [-0.05, 0) is 41.8 Å². The summed E-state index contributed by atoms with van der Waals surface area (Å²) in [6.45, 7) is 3.94. The van der Waals surface area contributed by atoms with Gasteiger partial charge < -0.3 is 0 Å². The summed E-state index contributed by atoms with van der Waals surface area (Å²) in [5, 5.41) is 2.72. The van der Waals surface area contributed by atoms with Crippen LogP contribution in [0.4, 0.5) is 0 Å². The summed E-state index contributed by atoms with van der Waals surface area (Å²) < 4.78 is 0. The van der Waals surface area contributed by atoms with Crippen LogP contribution in [0, 0.1) is 13.8 Å². The molecule has 0 N–H and O–H groups in total. The topological polar surface area (TPSA) is 17.1 Å². The smallest absolute Gasteiger partial charge is 0.193 e. The number of fused-ring (bicyclic) bond motifs is 1. The van der Waals surface area contributed by atoms with Gasteiger partial charge in [0, 0.05) is 16.1 Å². The van der Waals surface area contributed by atoms with Crippen molar-refractivity contribution in [3.05, 3.63) is 81.9 Å². The first kappa shape index (κ1) is 13.8. The summed E-state index contributed by atoms with van der Waals surface area (Å²) in [5.41, 5.74) is 3.39. The average molecular weight is 295 g/mol. The Hall–Kier alpha value is -2.12. The maximum Gasteiger partial charge on any atom is 0.193 e. The summed E-state index contributed by atoms with van der Waals surface area (Å²) >= 11 is 6.14. The summed E-state index contributed by atoms with van der Waals surface area (Å²) in [4.78, 5) is 12.9. The van der Waals surface area contributed by atoms with E-state index in [1.807, 2.05) is 55.5 Å².